The van der Waals surface area contributed by atoms with E-state index in [4.69, 9.17) is 13.9 Å². The van der Waals surface area contributed by atoms with E-state index in [1.165, 1.54) is 12.3 Å². The molecule has 0 saturated carbocycles. The largest absolute Gasteiger partial charge is 0.478 e. The van der Waals surface area contributed by atoms with Gasteiger partial charge in [-0.05, 0) is 49.6 Å². The Labute approximate surface area is 168 Å². The maximum atomic E-state index is 12.9. The van der Waals surface area contributed by atoms with Gasteiger partial charge in [0.15, 0.2) is 6.10 Å². The molecule has 0 fully saturated rings. The van der Waals surface area contributed by atoms with Crippen molar-refractivity contribution >= 4 is 16.9 Å². The molecule has 3 aromatic rings. The molecule has 0 aliphatic rings. The SMILES string of the molecule is Cc1ccc(C)c(Oc2coc3cc(OC(C(=O)O)C(C)C)ccc3c2=O)c1C. The van der Waals surface area contributed by atoms with Gasteiger partial charge in [0.2, 0.25) is 11.2 Å². The average Bonchev–Trinajstić information content (AvgIpc) is 2.67. The highest BCUT2D eigenvalue weighted by Crippen LogP contribution is 2.30. The van der Waals surface area contributed by atoms with Crippen molar-refractivity contribution in [1.29, 1.82) is 0 Å². The number of carboxylic acid groups (broad SMARTS) is 1. The predicted molar refractivity (Wildman–Crippen MR) is 110 cm³/mol. The van der Waals surface area contributed by atoms with Crippen molar-refractivity contribution in [3.05, 3.63) is 63.5 Å². The van der Waals surface area contributed by atoms with E-state index in [-0.39, 0.29) is 17.1 Å². The third-order valence-electron chi connectivity index (χ3n) is 4.91. The fourth-order valence-corrected chi connectivity index (χ4v) is 3.05. The maximum absolute atomic E-state index is 12.9. The van der Waals surface area contributed by atoms with Crippen LogP contribution in [0.1, 0.15) is 30.5 Å². The van der Waals surface area contributed by atoms with Crippen LogP contribution >= 0.6 is 0 Å². The second-order valence-electron chi connectivity index (χ2n) is 7.46. The van der Waals surface area contributed by atoms with Crippen molar-refractivity contribution in [3.8, 4) is 17.2 Å². The van der Waals surface area contributed by atoms with Gasteiger partial charge in [-0.15, -0.1) is 0 Å². The monoisotopic (exact) mass is 396 g/mol. The average molecular weight is 396 g/mol. The zero-order chi connectivity index (χ0) is 21.3. The Morgan fingerprint density at radius 2 is 1.76 bits per heavy atom. The van der Waals surface area contributed by atoms with Gasteiger partial charge in [-0.3, -0.25) is 4.79 Å². The molecule has 1 atom stereocenters. The van der Waals surface area contributed by atoms with E-state index < -0.39 is 12.1 Å². The number of carbonyl (C=O) groups is 1. The van der Waals surface area contributed by atoms with Gasteiger partial charge in [0.25, 0.3) is 0 Å². The van der Waals surface area contributed by atoms with Gasteiger partial charge in [0, 0.05) is 12.0 Å². The topological polar surface area (TPSA) is 86.0 Å². The molecule has 0 saturated heterocycles. The molecule has 0 radical (unpaired) electrons. The highest BCUT2D eigenvalue weighted by atomic mass is 16.5. The summed E-state index contributed by atoms with van der Waals surface area (Å²) >= 11 is 0. The highest BCUT2D eigenvalue weighted by Gasteiger charge is 2.24. The Kier molecular flexibility index (Phi) is 5.64. The van der Waals surface area contributed by atoms with Crippen LogP contribution in [0.3, 0.4) is 0 Å². The number of aryl methyl sites for hydroxylation is 2. The van der Waals surface area contributed by atoms with Gasteiger partial charge in [0.05, 0.1) is 5.39 Å². The zero-order valence-corrected chi connectivity index (χ0v) is 17.1. The number of rotatable bonds is 6. The van der Waals surface area contributed by atoms with Crippen LogP contribution in [0.2, 0.25) is 0 Å². The third kappa shape index (κ3) is 4.11. The van der Waals surface area contributed by atoms with Gasteiger partial charge >= 0.3 is 5.97 Å². The quantitative estimate of drug-likeness (QED) is 0.631. The number of fused-ring (bicyclic) bond motifs is 1. The number of hydrogen-bond acceptors (Lipinski definition) is 5. The summed E-state index contributed by atoms with van der Waals surface area (Å²) in [6.45, 7) is 9.37. The molecule has 0 aliphatic carbocycles. The number of hydrogen-bond donors (Lipinski definition) is 1. The second kappa shape index (κ2) is 7.99. The van der Waals surface area contributed by atoms with Gasteiger partial charge in [-0.25, -0.2) is 4.79 Å². The highest BCUT2D eigenvalue weighted by molar-refractivity contribution is 5.79. The lowest BCUT2D eigenvalue weighted by Gasteiger charge is -2.18. The smallest absolute Gasteiger partial charge is 0.345 e. The van der Waals surface area contributed by atoms with Crippen molar-refractivity contribution in [2.75, 3.05) is 0 Å². The summed E-state index contributed by atoms with van der Waals surface area (Å²) in [7, 11) is 0. The predicted octanol–water partition coefficient (Wildman–Crippen LogP) is 5.00. The Balaban J connectivity index is 1.96. The molecular formula is C23H24O6. The fourth-order valence-electron chi connectivity index (χ4n) is 3.05. The summed E-state index contributed by atoms with van der Waals surface area (Å²) in [5.41, 5.74) is 2.93. The van der Waals surface area contributed by atoms with Crippen LogP contribution in [-0.4, -0.2) is 17.2 Å². The van der Waals surface area contributed by atoms with Crippen molar-refractivity contribution in [3.63, 3.8) is 0 Å². The lowest BCUT2D eigenvalue weighted by Crippen LogP contribution is -2.32. The van der Waals surface area contributed by atoms with E-state index in [1.807, 2.05) is 32.9 Å². The van der Waals surface area contributed by atoms with Gasteiger partial charge < -0.3 is 19.0 Å². The molecule has 0 spiro atoms. The normalized spacial score (nSPS) is 12.2. The molecule has 1 aromatic heterocycles. The molecule has 0 amide bonds. The number of ether oxygens (including phenoxy) is 2. The first-order valence-corrected chi connectivity index (χ1v) is 9.38. The van der Waals surface area contributed by atoms with Crippen LogP contribution in [0.4, 0.5) is 0 Å². The molecule has 0 bridgehead atoms. The van der Waals surface area contributed by atoms with Crippen molar-refractivity contribution in [1.82, 2.24) is 0 Å². The van der Waals surface area contributed by atoms with E-state index in [0.717, 1.165) is 16.7 Å². The first-order chi connectivity index (χ1) is 13.7. The summed E-state index contributed by atoms with van der Waals surface area (Å²) < 4.78 is 17.1. The van der Waals surface area contributed by atoms with Crippen LogP contribution < -0.4 is 14.9 Å². The number of benzene rings is 2. The molecule has 1 unspecified atom stereocenters. The Morgan fingerprint density at radius 3 is 2.41 bits per heavy atom. The van der Waals surface area contributed by atoms with E-state index in [2.05, 4.69) is 0 Å². The molecule has 1 N–H and O–H groups in total. The summed E-state index contributed by atoms with van der Waals surface area (Å²) in [6, 6.07) is 8.58. The van der Waals surface area contributed by atoms with E-state index in [0.29, 0.717) is 22.5 Å². The zero-order valence-electron chi connectivity index (χ0n) is 17.1. The Hall–Kier alpha value is -3.28. The summed E-state index contributed by atoms with van der Waals surface area (Å²) in [5, 5.41) is 9.62. The van der Waals surface area contributed by atoms with Crippen molar-refractivity contribution < 1.29 is 23.8 Å². The van der Waals surface area contributed by atoms with Gasteiger partial charge in [-0.1, -0.05) is 26.0 Å². The first kappa shape index (κ1) is 20.5. The fraction of sp³-hybridized carbons (Fsp3) is 0.304. The van der Waals surface area contributed by atoms with E-state index >= 15 is 0 Å². The van der Waals surface area contributed by atoms with Crippen LogP contribution in [-0.2, 0) is 4.79 Å². The molecule has 29 heavy (non-hydrogen) atoms. The second-order valence-corrected chi connectivity index (χ2v) is 7.46. The Bertz CT molecular complexity index is 1130. The van der Waals surface area contributed by atoms with Crippen molar-refractivity contribution in [2.45, 2.75) is 40.7 Å². The van der Waals surface area contributed by atoms with Gasteiger partial charge in [-0.2, -0.15) is 0 Å². The first-order valence-electron chi connectivity index (χ1n) is 9.38. The van der Waals surface area contributed by atoms with Crippen molar-refractivity contribution in [2.24, 2.45) is 5.92 Å². The molecule has 6 nitrogen and oxygen atoms in total. The summed E-state index contributed by atoms with van der Waals surface area (Å²) in [5.74, 6) is -0.215. The van der Waals surface area contributed by atoms with Crippen LogP contribution in [0.5, 0.6) is 17.2 Å². The minimum Gasteiger partial charge on any atom is -0.478 e. The Morgan fingerprint density at radius 1 is 1.07 bits per heavy atom. The summed E-state index contributed by atoms with van der Waals surface area (Å²) in [6.07, 6.45) is 0.279. The lowest BCUT2D eigenvalue weighted by molar-refractivity contribution is -0.147. The third-order valence-corrected chi connectivity index (χ3v) is 4.91. The van der Waals surface area contributed by atoms with Gasteiger partial charge in [0.1, 0.15) is 23.3 Å². The molecule has 3 rings (SSSR count). The standard InChI is InChI=1S/C23H24O6/c1-12(2)21(23(25)26)28-16-8-9-17-18(10-16)27-11-19(20(17)24)29-22-14(4)7-6-13(3)15(22)5/h6-12,21H,1-5H3,(H,25,26). The number of carboxylic acids is 1. The minimum absolute atomic E-state index is 0.0913. The molecule has 6 heteroatoms. The van der Waals surface area contributed by atoms with Crippen LogP contribution in [0.15, 0.2) is 45.8 Å². The molecule has 0 aliphatic heterocycles. The number of aliphatic carboxylic acids is 1. The van der Waals surface area contributed by atoms with Crippen LogP contribution in [0.25, 0.3) is 11.0 Å². The molecule has 2 aromatic carbocycles. The summed E-state index contributed by atoms with van der Waals surface area (Å²) in [4.78, 5) is 24.2. The maximum Gasteiger partial charge on any atom is 0.345 e. The molecule has 152 valence electrons. The lowest BCUT2D eigenvalue weighted by atomic mass is 10.1. The van der Waals surface area contributed by atoms with E-state index in [9.17, 15) is 14.7 Å². The minimum atomic E-state index is -1.05. The molecular weight excluding hydrogens is 372 g/mol. The van der Waals surface area contributed by atoms with E-state index in [1.54, 1.807) is 26.0 Å². The van der Waals surface area contributed by atoms with Crippen LogP contribution in [0, 0.1) is 26.7 Å². The molecule has 1 heterocycles.